The van der Waals surface area contributed by atoms with Crippen LogP contribution in [0.3, 0.4) is 0 Å². The third-order valence-corrected chi connectivity index (χ3v) is 8.33. The zero-order valence-electron chi connectivity index (χ0n) is 19.7. The largest absolute Gasteiger partial charge is 0.393 e. The number of rotatable bonds is 8. The van der Waals surface area contributed by atoms with Gasteiger partial charge in [-0.1, -0.05) is 50.0 Å². The summed E-state index contributed by atoms with van der Waals surface area (Å²) in [5.41, 5.74) is 5.55. The van der Waals surface area contributed by atoms with Crippen molar-refractivity contribution in [2.24, 2.45) is 23.2 Å². The SMILES string of the molecule is CONC(=O)CCCC[C@@H](C)[C@H]1CC[C@H]2/C(=C/C=C3C[C@@H](O)C[C@H](O)C3)CCC[C@]12C. The summed E-state index contributed by atoms with van der Waals surface area (Å²) >= 11 is 0. The van der Waals surface area contributed by atoms with E-state index in [1.807, 2.05) is 0 Å². The Morgan fingerprint density at radius 2 is 1.97 bits per heavy atom. The van der Waals surface area contributed by atoms with E-state index in [0.717, 1.165) is 18.8 Å². The van der Waals surface area contributed by atoms with Gasteiger partial charge in [0, 0.05) is 6.42 Å². The first-order chi connectivity index (χ1) is 14.8. The van der Waals surface area contributed by atoms with Gasteiger partial charge >= 0.3 is 0 Å². The molecule has 0 aliphatic heterocycles. The number of aliphatic hydroxyl groups is 2. The molecule has 0 aromatic heterocycles. The summed E-state index contributed by atoms with van der Waals surface area (Å²) in [6.45, 7) is 4.93. The van der Waals surface area contributed by atoms with Crippen molar-refractivity contribution < 1.29 is 19.8 Å². The van der Waals surface area contributed by atoms with E-state index in [4.69, 9.17) is 0 Å². The van der Waals surface area contributed by atoms with Gasteiger partial charge in [-0.3, -0.25) is 9.63 Å². The number of hydrogen-bond acceptors (Lipinski definition) is 4. The molecule has 3 aliphatic rings. The van der Waals surface area contributed by atoms with Gasteiger partial charge in [-0.15, -0.1) is 0 Å². The Hall–Kier alpha value is -1.17. The molecule has 6 atom stereocenters. The van der Waals surface area contributed by atoms with Crippen LogP contribution in [0, 0.1) is 23.2 Å². The highest BCUT2D eigenvalue weighted by atomic mass is 16.6. The van der Waals surface area contributed by atoms with Crippen molar-refractivity contribution in [1.29, 1.82) is 0 Å². The lowest BCUT2D eigenvalue weighted by atomic mass is 9.60. The van der Waals surface area contributed by atoms with Crippen LogP contribution in [0.1, 0.15) is 90.9 Å². The molecular weight excluding hydrogens is 390 g/mol. The van der Waals surface area contributed by atoms with Crippen molar-refractivity contribution >= 4 is 5.91 Å². The average molecular weight is 434 g/mol. The van der Waals surface area contributed by atoms with Crippen molar-refractivity contribution in [2.75, 3.05) is 7.11 Å². The number of carbonyl (C=O) groups is 1. The zero-order chi connectivity index (χ0) is 22.4. The molecule has 5 heteroatoms. The summed E-state index contributed by atoms with van der Waals surface area (Å²) in [7, 11) is 1.47. The maximum absolute atomic E-state index is 11.6. The van der Waals surface area contributed by atoms with Gasteiger partial charge in [0.15, 0.2) is 0 Å². The molecule has 0 spiro atoms. The van der Waals surface area contributed by atoms with E-state index >= 15 is 0 Å². The summed E-state index contributed by atoms with van der Waals surface area (Å²) in [6.07, 6.45) is 15.7. The Balaban J connectivity index is 1.58. The normalized spacial score (nSPS) is 35.6. The topological polar surface area (TPSA) is 78.8 Å². The molecule has 31 heavy (non-hydrogen) atoms. The number of hydrogen-bond donors (Lipinski definition) is 3. The number of aliphatic hydroxyl groups excluding tert-OH is 2. The van der Waals surface area contributed by atoms with Gasteiger partial charge in [0.1, 0.15) is 0 Å². The number of amides is 1. The predicted octanol–water partition coefficient (Wildman–Crippen LogP) is 4.84. The predicted molar refractivity (Wildman–Crippen MR) is 123 cm³/mol. The van der Waals surface area contributed by atoms with Gasteiger partial charge in [0.25, 0.3) is 0 Å². The Labute approximate surface area is 188 Å². The minimum atomic E-state index is -0.401. The average Bonchev–Trinajstić information content (AvgIpc) is 3.06. The van der Waals surface area contributed by atoms with Crippen LogP contribution in [0.4, 0.5) is 0 Å². The van der Waals surface area contributed by atoms with Gasteiger partial charge in [-0.25, -0.2) is 5.48 Å². The fourth-order valence-corrected chi connectivity index (χ4v) is 6.86. The maximum atomic E-state index is 11.6. The summed E-state index contributed by atoms with van der Waals surface area (Å²) < 4.78 is 0. The smallest absolute Gasteiger partial charge is 0.243 e. The molecule has 0 aromatic rings. The van der Waals surface area contributed by atoms with Crippen LogP contribution in [0.2, 0.25) is 0 Å². The van der Waals surface area contributed by atoms with Crippen molar-refractivity contribution in [3.05, 3.63) is 23.3 Å². The van der Waals surface area contributed by atoms with E-state index in [-0.39, 0.29) is 5.91 Å². The Kier molecular flexibility index (Phi) is 8.77. The van der Waals surface area contributed by atoms with Gasteiger partial charge in [-0.05, 0) is 81.0 Å². The van der Waals surface area contributed by atoms with Crippen LogP contribution in [-0.4, -0.2) is 35.4 Å². The fourth-order valence-electron chi connectivity index (χ4n) is 6.86. The third-order valence-electron chi connectivity index (χ3n) is 8.33. The molecule has 5 nitrogen and oxygen atoms in total. The molecule has 1 amide bonds. The van der Waals surface area contributed by atoms with E-state index in [1.54, 1.807) is 5.57 Å². The lowest BCUT2D eigenvalue weighted by Gasteiger charge is -2.44. The highest BCUT2D eigenvalue weighted by Gasteiger charge is 2.50. The number of hydroxylamine groups is 1. The first kappa shape index (κ1) is 24.5. The summed E-state index contributed by atoms with van der Waals surface area (Å²) in [5, 5.41) is 19.9. The van der Waals surface area contributed by atoms with Crippen LogP contribution in [0.5, 0.6) is 0 Å². The zero-order valence-corrected chi connectivity index (χ0v) is 19.7. The van der Waals surface area contributed by atoms with E-state index in [2.05, 4.69) is 36.3 Å². The molecule has 0 radical (unpaired) electrons. The number of nitrogens with one attached hydrogen (secondary N) is 1. The van der Waals surface area contributed by atoms with E-state index in [0.29, 0.717) is 42.9 Å². The standard InChI is InChI=1S/C26H43NO4/c1-18(7-4-5-9-25(30)27-31-3)23-12-13-24-20(8-6-14-26(23,24)2)11-10-19-15-21(28)17-22(29)16-19/h10-11,18,21-24,28-29H,4-9,12-17H2,1-3H3,(H,27,30)/b20-11+/t18-,21-,22-,23-,24+,26-/m1/s1. The van der Waals surface area contributed by atoms with Crippen molar-refractivity contribution in [3.63, 3.8) is 0 Å². The number of fused-ring (bicyclic) bond motifs is 1. The molecule has 3 aliphatic carbocycles. The highest BCUT2D eigenvalue weighted by Crippen LogP contribution is 2.59. The lowest BCUT2D eigenvalue weighted by Crippen LogP contribution is -2.36. The molecule has 3 N–H and O–H groups in total. The number of unbranched alkanes of at least 4 members (excludes halogenated alkanes) is 1. The Morgan fingerprint density at radius 1 is 1.23 bits per heavy atom. The van der Waals surface area contributed by atoms with Crippen LogP contribution in [0.25, 0.3) is 0 Å². The quantitative estimate of drug-likeness (QED) is 0.378. The third kappa shape index (κ3) is 6.21. The second kappa shape index (κ2) is 11.1. The monoisotopic (exact) mass is 433 g/mol. The fraction of sp³-hybridized carbons (Fsp3) is 0.808. The molecule has 3 fully saturated rings. The summed E-state index contributed by atoms with van der Waals surface area (Å²) in [4.78, 5) is 16.2. The van der Waals surface area contributed by atoms with Gasteiger partial charge in [0.2, 0.25) is 5.91 Å². The first-order valence-electron chi connectivity index (χ1n) is 12.4. The molecule has 0 unspecified atom stereocenters. The number of carbonyl (C=O) groups excluding carboxylic acids is 1. The van der Waals surface area contributed by atoms with Crippen molar-refractivity contribution in [1.82, 2.24) is 5.48 Å². The van der Waals surface area contributed by atoms with Gasteiger partial charge < -0.3 is 10.2 Å². The minimum absolute atomic E-state index is 0.0303. The summed E-state index contributed by atoms with van der Waals surface area (Å²) in [6, 6.07) is 0. The van der Waals surface area contributed by atoms with Crippen molar-refractivity contribution in [2.45, 2.75) is 103 Å². The maximum Gasteiger partial charge on any atom is 0.243 e. The first-order valence-corrected chi connectivity index (χ1v) is 12.4. The highest BCUT2D eigenvalue weighted by molar-refractivity contribution is 5.74. The lowest BCUT2D eigenvalue weighted by molar-refractivity contribution is -0.131. The Bertz CT molecular complexity index is 660. The van der Waals surface area contributed by atoms with Gasteiger partial charge in [0.05, 0.1) is 19.3 Å². The molecule has 176 valence electrons. The molecule has 0 aromatic carbocycles. The van der Waals surface area contributed by atoms with E-state index in [9.17, 15) is 15.0 Å². The molecule has 0 heterocycles. The molecule has 0 saturated heterocycles. The minimum Gasteiger partial charge on any atom is -0.393 e. The van der Waals surface area contributed by atoms with E-state index < -0.39 is 12.2 Å². The van der Waals surface area contributed by atoms with Crippen LogP contribution >= 0.6 is 0 Å². The van der Waals surface area contributed by atoms with Crippen LogP contribution < -0.4 is 5.48 Å². The van der Waals surface area contributed by atoms with Crippen LogP contribution in [0.15, 0.2) is 23.3 Å². The second-order valence-corrected chi connectivity index (χ2v) is 10.6. The van der Waals surface area contributed by atoms with Crippen molar-refractivity contribution in [3.8, 4) is 0 Å². The second-order valence-electron chi connectivity index (χ2n) is 10.6. The number of allylic oxidation sites excluding steroid dienone is 3. The molecule has 0 bridgehead atoms. The molecule has 3 saturated carbocycles. The van der Waals surface area contributed by atoms with Gasteiger partial charge in [-0.2, -0.15) is 0 Å². The molecule has 3 rings (SSSR count). The molecular formula is C26H43NO4. The van der Waals surface area contributed by atoms with Crippen LogP contribution in [-0.2, 0) is 9.63 Å². The van der Waals surface area contributed by atoms with E-state index in [1.165, 1.54) is 51.2 Å². The Morgan fingerprint density at radius 3 is 2.68 bits per heavy atom. The summed E-state index contributed by atoms with van der Waals surface area (Å²) in [5.74, 6) is 2.07.